The van der Waals surface area contributed by atoms with E-state index in [1.165, 1.54) is 61.3 Å². The Bertz CT molecular complexity index is 1420. The van der Waals surface area contributed by atoms with Crippen LogP contribution in [0, 0.1) is 6.92 Å². The van der Waals surface area contributed by atoms with E-state index in [4.69, 9.17) is 4.74 Å². The fourth-order valence-corrected chi connectivity index (χ4v) is 5.39. The number of rotatable bonds is 5. The summed E-state index contributed by atoms with van der Waals surface area (Å²) in [5, 5.41) is 0. The Labute approximate surface area is 202 Å². The van der Waals surface area contributed by atoms with Gasteiger partial charge in [0.15, 0.2) is 11.5 Å². The van der Waals surface area contributed by atoms with Crippen molar-refractivity contribution < 1.29 is 27.5 Å². The van der Waals surface area contributed by atoms with E-state index in [0.29, 0.717) is 0 Å². The van der Waals surface area contributed by atoms with E-state index in [2.05, 4.69) is 9.97 Å². The van der Waals surface area contributed by atoms with Crippen LogP contribution in [0.5, 0.6) is 0 Å². The molecule has 2 atom stereocenters. The van der Waals surface area contributed by atoms with Crippen molar-refractivity contribution in [3.8, 4) is 0 Å². The number of anilines is 1. The van der Waals surface area contributed by atoms with Crippen molar-refractivity contribution in [3.05, 3.63) is 48.3 Å². The van der Waals surface area contributed by atoms with Crippen LogP contribution in [0.1, 0.15) is 25.8 Å². The molecule has 1 aromatic carbocycles. The number of amides is 2. The number of hydrogen-bond acceptors (Lipinski definition) is 8. The van der Waals surface area contributed by atoms with E-state index >= 15 is 0 Å². The van der Waals surface area contributed by atoms with Gasteiger partial charge in [-0.25, -0.2) is 22.4 Å². The summed E-state index contributed by atoms with van der Waals surface area (Å²) >= 11 is 0. The topological polar surface area (TPSA) is 132 Å². The first kappa shape index (κ1) is 24.3. The lowest BCUT2D eigenvalue weighted by Crippen LogP contribution is -2.46. The molecule has 1 saturated heterocycles. The highest BCUT2D eigenvalue weighted by Gasteiger charge is 2.41. The molecule has 1 fully saturated rings. The molecule has 184 valence electrons. The number of nitrogens with zero attached hydrogens (tertiary/aromatic N) is 5. The maximum absolute atomic E-state index is 13.2. The Balaban J connectivity index is 1.61. The van der Waals surface area contributed by atoms with Gasteiger partial charge >= 0.3 is 5.97 Å². The van der Waals surface area contributed by atoms with E-state index in [0.717, 1.165) is 9.54 Å². The van der Waals surface area contributed by atoms with Gasteiger partial charge in [-0.1, -0.05) is 17.7 Å². The number of aromatic nitrogens is 3. The second-order valence-electron chi connectivity index (χ2n) is 8.42. The van der Waals surface area contributed by atoms with E-state index in [1.807, 2.05) is 6.92 Å². The standard InChI is InChI=1S/C23H25N5O6S/c1-14-5-7-18(8-6-14)35(32,33)28-10-9-19-22(28)24-12-21(25-19)26(4)23(31)20-11-17(34-16(3)30)13-27(20)15(2)29/h5-10,12,17,20H,11,13H2,1-4H3/t17-,20-/m1/s1. The number of hydrogen-bond donors (Lipinski definition) is 0. The van der Waals surface area contributed by atoms with Gasteiger partial charge in [0.25, 0.3) is 15.9 Å². The summed E-state index contributed by atoms with van der Waals surface area (Å²) in [6.07, 6.45) is 2.26. The number of carbonyl (C=O) groups is 3. The molecule has 0 aliphatic carbocycles. The molecule has 3 heterocycles. The summed E-state index contributed by atoms with van der Waals surface area (Å²) in [6, 6.07) is 7.15. The molecule has 3 aromatic rings. The van der Waals surface area contributed by atoms with Crippen molar-refractivity contribution >= 4 is 44.8 Å². The second kappa shape index (κ2) is 9.10. The lowest BCUT2D eigenvalue weighted by atomic mass is 10.1. The van der Waals surface area contributed by atoms with Crippen molar-refractivity contribution in [3.63, 3.8) is 0 Å². The van der Waals surface area contributed by atoms with Crippen LogP contribution in [-0.2, 0) is 29.1 Å². The van der Waals surface area contributed by atoms with Gasteiger partial charge in [-0.05, 0) is 25.1 Å². The Kier molecular flexibility index (Phi) is 6.32. The molecule has 0 unspecified atom stereocenters. The van der Waals surface area contributed by atoms with E-state index < -0.39 is 34.0 Å². The molecule has 12 heteroatoms. The SMILES string of the molecule is CC(=O)O[C@@H]1C[C@H](C(=O)N(C)c2cnc3c(ccn3S(=O)(=O)c3ccc(C)cc3)n2)N(C(C)=O)C1. The normalized spacial score (nSPS) is 18.0. The molecular weight excluding hydrogens is 474 g/mol. The fraction of sp³-hybridized carbons (Fsp3) is 0.348. The molecule has 0 spiro atoms. The van der Waals surface area contributed by atoms with Crippen molar-refractivity contribution in [2.45, 2.75) is 44.2 Å². The third-order valence-corrected chi connectivity index (χ3v) is 7.56. The zero-order chi connectivity index (χ0) is 25.5. The molecule has 4 rings (SSSR count). The van der Waals surface area contributed by atoms with Crippen molar-refractivity contribution in [2.24, 2.45) is 0 Å². The van der Waals surface area contributed by atoms with Crippen molar-refractivity contribution in [1.82, 2.24) is 18.8 Å². The molecular formula is C23H25N5O6S. The minimum absolute atomic E-state index is 0.117. The average Bonchev–Trinajstić information content (AvgIpc) is 3.42. The van der Waals surface area contributed by atoms with Gasteiger partial charge in [0.05, 0.1) is 17.6 Å². The number of benzene rings is 1. The molecule has 0 N–H and O–H groups in total. The van der Waals surface area contributed by atoms with Gasteiger partial charge < -0.3 is 9.64 Å². The van der Waals surface area contributed by atoms with Gasteiger partial charge in [0.2, 0.25) is 5.91 Å². The van der Waals surface area contributed by atoms with Crippen LogP contribution in [-0.4, -0.2) is 70.8 Å². The molecule has 2 aromatic heterocycles. The van der Waals surface area contributed by atoms with Crippen molar-refractivity contribution in [2.75, 3.05) is 18.5 Å². The summed E-state index contributed by atoms with van der Waals surface area (Å²) < 4.78 is 32.4. The van der Waals surface area contributed by atoms with E-state index in [1.54, 1.807) is 12.1 Å². The number of likely N-dealkylation sites (N-methyl/N-ethyl adjacent to an activating group) is 1. The van der Waals surface area contributed by atoms with Gasteiger partial charge in [-0.15, -0.1) is 0 Å². The quantitative estimate of drug-likeness (QED) is 0.483. The van der Waals surface area contributed by atoms with Crippen LogP contribution >= 0.6 is 0 Å². The first-order chi connectivity index (χ1) is 16.5. The van der Waals surface area contributed by atoms with Crippen LogP contribution < -0.4 is 4.90 Å². The van der Waals surface area contributed by atoms with Crippen LogP contribution in [0.15, 0.2) is 47.6 Å². The number of carbonyl (C=O) groups excluding carboxylic acids is 3. The molecule has 1 aliphatic heterocycles. The van der Waals surface area contributed by atoms with Gasteiger partial charge in [0, 0.05) is 33.5 Å². The van der Waals surface area contributed by atoms with E-state index in [9.17, 15) is 22.8 Å². The number of likely N-dealkylation sites (tertiary alicyclic amines) is 1. The maximum atomic E-state index is 13.2. The number of fused-ring (bicyclic) bond motifs is 1. The zero-order valence-electron chi connectivity index (χ0n) is 19.7. The third-order valence-electron chi connectivity index (χ3n) is 5.88. The minimum Gasteiger partial charge on any atom is -0.461 e. The van der Waals surface area contributed by atoms with Crippen LogP contribution in [0.25, 0.3) is 11.2 Å². The summed E-state index contributed by atoms with van der Waals surface area (Å²) in [6.45, 7) is 4.61. The lowest BCUT2D eigenvalue weighted by Gasteiger charge is -2.26. The smallest absolute Gasteiger partial charge is 0.302 e. The molecule has 2 amide bonds. The zero-order valence-corrected chi connectivity index (χ0v) is 20.5. The van der Waals surface area contributed by atoms with Crippen LogP contribution in [0.2, 0.25) is 0 Å². The largest absolute Gasteiger partial charge is 0.461 e. The highest BCUT2D eigenvalue weighted by Crippen LogP contribution is 2.26. The summed E-state index contributed by atoms with van der Waals surface area (Å²) in [7, 11) is -2.39. The summed E-state index contributed by atoms with van der Waals surface area (Å²) in [5.41, 5.74) is 1.34. The molecule has 0 bridgehead atoms. The van der Waals surface area contributed by atoms with Gasteiger partial charge in [0.1, 0.15) is 17.7 Å². The predicted molar refractivity (Wildman–Crippen MR) is 126 cm³/mol. The predicted octanol–water partition coefficient (Wildman–Crippen LogP) is 1.49. The monoisotopic (exact) mass is 499 g/mol. The Morgan fingerprint density at radius 1 is 1.11 bits per heavy atom. The second-order valence-corrected chi connectivity index (χ2v) is 10.2. The van der Waals surface area contributed by atoms with Crippen LogP contribution in [0.3, 0.4) is 0 Å². The maximum Gasteiger partial charge on any atom is 0.302 e. The highest BCUT2D eigenvalue weighted by molar-refractivity contribution is 7.90. The fourth-order valence-electron chi connectivity index (χ4n) is 4.09. The molecule has 0 saturated carbocycles. The highest BCUT2D eigenvalue weighted by atomic mass is 32.2. The Hall–Kier alpha value is -3.80. The Morgan fingerprint density at radius 3 is 2.43 bits per heavy atom. The number of ether oxygens (including phenoxy) is 1. The van der Waals surface area contributed by atoms with Gasteiger partial charge in [-0.3, -0.25) is 19.3 Å². The lowest BCUT2D eigenvalue weighted by molar-refractivity contribution is -0.146. The van der Waals surface area contributed by atoms with Crippen molar-refractivity contribution in [1.29, 1.82) is 0 Å². The van der Waals surface area contributed by atoms with Crippen LogP contribution in [0.4, 0.5) is 5.82 Å². The third kappa shape index (κ3) is 4.61. The first-order valence-electron chi connectivity index (χ1n) is 10.9. The first-order valence-corrected chi connectivity index (χ1v) is 12.3. The number of aryl methyl sites for hydroxylation is 1. The molecule has 35 heavy (non-hydrogen) atoms. The van der Waals surface area contributed by atoms with E-state index in [-0.39, 0.29) is 40.7 Å². The summed E-state index contributed by atoms with van der Waals surface area (Å²) in [4.78, 5) is 48.1. The molecule has 11 nitrogen and oxygen atoms in total. The number of esters is 1. The van der Waals surface area contributed by atoms with Gasteiger partial charge in [-0.2, -0.15) is 0 Å². The molecule has 0 radical (unpaired) electrons. The minimum atomic E-state index is -3.89. The average molecular weight is 500 g/mol. The Morgan fingerprint density at radius 2 is 1.80 bits per heavy atom. The summed E-state index contributed by atoms with van der Waals surface area (Å²) in [5.74, 6) is -1.03. The molecule has 1 aliphatic rings.